The first-order valence-corrected chi connectivity index (χ1v) is 5.86. The fourth-order valence-corrected chi connectivity index (χ4v) is 1.50. The van der Waals surface area contributed by atoms with Crippen molar-refractivity contribution in [3.8, 4) is 0 Å². The van der Waals surface area contributed by atoms with Crippen LogP contribution in [0.2, 0.25) is 5.02 Å². The molecule has 0 aliphatic rings. The predicted molar refractivity (Wildman–Crippen MR) is 69.4 cm³/mol. The second-order valence-corrected chi connectivity index (χ2v) is 3.91. The molecule has 4 nitrogen and oxygen atoms in total. The number of hydrogen-bond donors (Lipinski definition) is 2. The molecule has 0 saturated heterocycles. The minimum absolute atomic E-state index is 0.00148. The number of para-hydroxylation sites is 1. The number of hydrogen-bond acceptors (Lipinski definition) is 3. The second-order valence-electron chi connectivity index (χ2n) is 3.50. The number of carbonyl (C=O) groups excluding carboxylic acids is 1. The van der Waals surface area contributed by atoms with Crippen molar-refractivity contribution < 1.29 is 9.53 Å². The molecule has 1 aromatic rings. The molecule has 1 rings (SSSR count). The quantitative estimate of drug-likeness (QED) is 0.733. The molecule has 1 amide bonds. The molecule has 0 aliphatic heterocycles. The van der Waals surface area contributed by atoms with Gasteiger partial charge in [-0.15, -0.1) is 0 Å². The van der Waals surface area contributed by atoms with Crippen molar-refractivity contribution in [1.82, 2.24) is 5.32 Å². The van der Waals surface area contributed by atoms with Crippen LogP contribution in [0.25, 0.3) is 0 Å². The minimum Gasteiger partial charge on any atom is -0.383 e. The van der Waals surface area contributed by atoms with Gasteiger partial charge in [0.2, 0.25) is 5.91 Å². The molecule has 0 aromatic heterocycles. The molecule has 0 saturated carbocycles. The SMILES string of the molecule is COCCNC(=O)CCNc1ccccc1Cl. The summed E-state index contributed by atoms with van der Waals surface area (Å²) < 4.78 is 4.83. The van der Waals surface area contributed by atoms with Gasteiger partial charge in [-0.1, -0.05) is 23.7 Å². The average molecular weight is 257 g/mol. The predicted octanol–water partition coefficient (Wildman–Crippen LogP) is 1.90. The number of anilines is 1. The Hall–Kier alpha value is -1.26. The number of methoxy groups -OCH3 is 1. The molecular formula is C12H17ClN2O2. The van der Waals surface area contributed by atoms with Crippen molar-refractivity contribution >= 4 is 23.2 Å². The Kier molecular flexibility index (Phi) is 6.43. The number of ether oxygens (including phenoxy) is 1. The van der Waals surface area contributed by atoms with Crippen LogP contribution in [0.5, 0.6) is 0 Å². The molecular weight excluding hydrogens is 240 g/mol. The Balaban J connectivity index is 2.19. The summed E-state index contributed by atoms with van der Waals surface area (Å²) in [5.41, 5.74) is 0.846. The summed E-state index contributed by atoms with van der Waals surface area (Å²) in [7, 11) is 1.60. The molecule has 1 aromatic carbocycles. The van der Waals surface area contributed by atoms with E-state index in [4.69, 9.17) is 16.3 Å². The standard InChI is InChI=1S/C12H17ClN2O2/c1-17-9-8-15-12(16)6-7-14-11-5-3-2-4-10(11)13/h2-5,14H,6-9H2,1H3,(H,15,16). The van der Waals surface area contributed by atoms with Crippen LogP contribution in [-0.2, 0) is 9.53 Å². The fourth-order valence-electron chi connectivity index (χ4n) is 1.30. The Morgan fingerprint density at radius 2 is 2.12 bits per heavy atom. The lowest BCUT2D eigenvalue weighted by Gasteiger charge is -2.08. The van der Waals surface area contributed by atoms with E-state index in [1.807, 2.05) is 24.3 Å². The monoisotopic (exact) mass is 256 g/mol. The Labute approximate surface area is 106 Å². The van der Waals surface area contributed by atoms with Crippen LogP contribution in [0, 0.1) is 0 Å². The number of halogens is 1. The highest BCUT2D eigenvalue weighted by molar-refractivity contribution is 6.33. The van der Waals surface area contributed by atoms with E-state index in [-0.39, 0.29) is 5.91 Å². The summed E-state index contributed by atoms with van der Waals surface area (Å²) in [4.78, 5) is 11.4. The first-order chi connectivity index (χ1) is 8.24. The summed E-state index contributed by atoms with van der Waals surface area (Å²) >= 11 is 5.96. The van der Waals surface area contributed by atoms with Crippen LogP contribution in [0.1, 0.15) is 6.42 Å². The average Bonchev–Trinajstić information content (AvgIpc) is 2.32. The van der Waals surface area contributed by atoms with Gasteiger partial charge in [0, 0.05) is 26.6 Å². The maximum atomic E-state index is 11.4. The van der Waals surface area contributed by atoms with Crippen molar-refractivity contribution in [3.63, 3.8) is 0 Å². The van der Waals surface area contributed by atoms with Crippen molar-refractivity contribution in [2.75, 3.05) is 32.1 Å². The molecule has 0 fully saturated rings. The van der Waals surface area contributed by atoms with Crippen LogP contribution in [0.3, 0.4) is 0 Å². The van der Waals surface area contributed by atoms with Gasteiger partial charge in [0.1, 0.15) is 0 Å². The molecule has 0 heterocycles. The van der Waals surface area contributed by atoms with E-state index in [1.54, 1.807) is 7.11 Å². The number of carbonyl (C=O) groups is 1. The van der Waals surface area contributed by atoms with Crippen molar-refractivity contribution in [1.29, 1.82) is 0 Å². The van der Waals surface area contributed by atoms with E-state index < -0.39 is 0 Å². The van der Waals surface area contributed by atoms with Gasteiger partial charge in [-0.05, 0) is 12.1 Å². The molecule has 0 bridgehead atoms. The van der Waals surface area contributed by atoms with Gasteiger partial charge >= 0.3 is 0 Å². The zero-order valence-electron chi connectivity index (χ0n) is 9.83. The number of rotatable bonds is 7. The van der Waals surface area contributed by atoms with E-state index in [0.717, 1.165) is 5.69 Å². The third-order valence-electron chi connectivity index (χ3n) is 2.17. The van der Waals surface area contributed by atoms with Crippen LogP contribution < -0.4 is 10.6 Å². The van der Waals surface area contributed by atoms with Crippen molar-refractivity contribution in [2.24, 2.45) is 0 Å². The lowest BCUT2D eigenvalue weighted by Crippen LogP contribution is -2.28. The Morgan fingerprint density at radius 1 is 1.35 bits per heavy atom. The van der Waals surface area contributed by atoms with E-state index in [2.05, 4.69) is 10.6 Å². The van der Waals surface area contributed by atoms with Crippen molar-refractivity contribution in [3.05, 3.63) is 29.3 Å². The molecule has 2 N–H and O–H groups in total. The maximum Gasteiger partial charge on any atom is 0.221 e. The molecule has 94 valence electrons. The molecule has 5 heteroatoms. The summed E-state index contributed by atoms with van der Waals surface area (Å²) in [6.07, 6.45) is 0.412. The van der Waals surface area contributed by atoms with E-state index in [9.17, 15) is 4.79 Å². The van der Waals surface area contributed by atoms with E-state index in [1.165, 1.54) is 0 Å². The number of amides is 1. The lowest BCUT2D eigenvalue weighted by molar-refractivity contribution is -0.121. The number of benzene rings is 1. The normalized spacial score (nSPS) is 10.0. The van der Waals surface area contributed by atoms with E-state index >= 15 is 0 Å². The Bertz CT molecular complexity index is 358. The third kappa shape index (κ3) is 5.56. The van der Waals surface area contributed by atoms with Gasteiger partial charge in [0.15, 0.2) is 0 Å². The first kappa shape index (κ1) is 13.8. The lowest BCUT2D eigenvalue weighted by atomic mass is 10.3. The second kappa shape index (κ2) is 7.92. The topological polar surface area (TPSA) is 50.4 Å². The minimum atomic E-state index is 0.00148. The van der Waals surface area contributed by atoms with Gasteiger partial charge in [-0.3, -0.25) is 4.79 Å². The zero-order valence-corrected chi connectivity index (χ0v) is 10.6. The van der Waals surface area contributed by atoms with Gasteiger partial charge in [-0.2, -0.15) is 0 Å². The summed E-state index contributed by atoms with van der Waals surface area (Å²) in [6, 6.07) is 7.45. The zero-order chi connectivity index (χ0) is 12.5. The molecule has 0 radical (unpaired) electrons. The van der Waals surface area contributed by atoms with Gasteiger partial charge in [0.25, 0.3) is 0 Å². The molecule has 0 atom stereocenters. The molecule has 17 heavy (non-hydrogen) atoms. The van der Waals surface area contributed by atoms with Gasteiger partial charge in [0.05, 0.1) is 17.3 Å². The molecule has 0 aliphatic carbocycles. The first-order valence-electron chi connectivity index (χ1n) is 5.48. The van der Waals surface area contributed by atoms with Crippen LogP contribution in [-0.4, -0.2) is 32.7 Å². The third-order valence-corrected chi connectivity index (χ3v) is 2.50. The largest absolute Gasteiger partial charge is 0.383 e. The summed E-state index contributed by atoms with van der Waals surface area (Å²) in [5, 5.41) is 6.52. The maximum absolute atomic E-state index is 11.4. The fraction of sp³-hybridized carbons (Fsp3) is 0.417. The highest BCUT2D eigenvalue weighted by Crippen LogP contribution is 2.19. The highest BCUT2D eigenvalue weighted by atomic mass is 35.5. The molecule has 0 spiro atoms. The summed E-state index contributed by atoms with van der Waals surface area (Å²) in [6.45, 7) is 1.63. The van der Waals surface area contributed by atoms with Crippen LogP contribution in [0.15, 0.2) is 24.3 Å². The van der Waals surface area contributed by atoms with Crippen molar-refractivity contribution in [2.45, 2.75) is 6.42 Å². The van der Waals surface area contributed by atoms with Gasteiger partial charge < -0.3 is 15.4 Å². The smallest absolute Gasteiger partial charge is 0.221 e. The van der Waals surface area contributed by atoms with Crippen LogP contribution >= 0.6 is 11.6 Å². The summed E-state index contributed by atoms with van der Waals surface area (Å²) in [5.74, 6) is 0.00148. The molecule has 0 unspecified atom stereocenters. The highest BCUT2D eigenvalue weighted by Gasteiger charge is 2.01. The van der Waals surface area contributed by atoms with Gasteiger partial charge in [-0.25, -0.2) is 0 Å². The number of nitrogens with one attached hydrogen (secondary N) is 2. The van der Waals surface area contributed by atoms with Crippen LogP contribution in [0.4, 0.5) is 5.69 Å². The van der Waals surface area contributed by atoms with E-state index in [0.29, 0.717) is 31.1 Å². The Morgan fingerprint density at radius 3 is 2.82 bits per heavy atom.